The second-order valence-corrected chi connectivity index (χ2v) is 7.91. The van der Waals surface area contributed by atoms with Crippen LogP contribution in [0.2, 0.25) is 15.1 Å². The quantitative estimate of drug-likeness (QED) is 0.151. The molecule has 8 heteroatoms. The standard InChI is InChI=1S/C21H18Cl3N5/c22-12-2-4-18-14(8-12)15-9-13(11-1-3-16(23)17(24)7-11)19(10-20(15)29-18)27-5-6-28-21(25)26/h1-4,7-10,27,29H,5-6H2,(H4,25,26,28). The van der Waals surface area contributed by atoms with Crippen molar-refractivity contribution in [2.75, 3.05) is 18.4 Å². The Morgan fingerprint density at radius 1 is 0.897 bits per heavy atom. The molecule has 0 fully saturated rings. The Labute approximate surface area is 182 Å². The summed E-state index contributed by atoms with van der Waals surface area (Å²) in [5.41, 5.74) is 10.2. The van der Waals surface area contributed by atoms with Crippen molar-refractivity contribution in [1.82, 2.24) is 10.3 Å². The maximum Gasteiger partial charge on any atom is 0.185 e. The predicted octanol–water partition coefficient (Wildman–Crippen LogP) is 5.84. The van der Waals surface area contributed by atoms with Gasteiger partial charge in [0.2, 0.25) is 0 Å². The van der Waals surface area contributed by atoms with Crippen molar-refractivity contribution in [2.24, 2.45) is 5.73 Å². The zero-order valence-electron chi connectivity index (χ0n) is 15.2. The average Bonchev–Trinajstić information content (AvgIpc) is 3.03. The number of nitrogens with two attached hydrogens (primary N) is 1. The van der Waals surface area contributed by atoms with Crippen LogP contribution in [0.1, 0.15) is 0 Å². The summed E-state index contributed by atoms with van der Waals surface area (Å²) >= 11 is 18.6. The number of rotatable bonds is 5. The average molecular weight is 447 g/mol. The minimum Gasteiger partial charge on any atom is -0.383 e. The molecule has 0 aliphatic rings. The molecule has 0 atom stereocenters. The van der Waals surface area contributed by atoms with Crippen molar-refractivity contribution < 1.29 is 0 Å². The molecule has 0 spiro atoms. The molecule has 1 heterocycles. The monoisotopic (exact) mass is 445 g/mol. The van der Waals surface area contributed by atoms with Crippen LogP contribution in [0.25, 0.3) is 32.9 Å². The number of guanidine groups is 1. The maximum absolute atomic E-state index is 7.28. The molecule has 3 aromatic carbocycles. The van der Waals surface area contributed by atoms with Gasteiger partial charge in [-0.25, -0.2) is 0 Å². The zero-order valence-corrected chi connectivity index (χ0v) is 17.5. The van der Waals surface area contributed by atoms with Gasteiger partial charge in [0.15, 0.2) is 5.96 Å². The number of aromatic amines is 1. The molecular weight excluding hydrogens is 429 g/mol. The van der Waals surface area contributed by atoms with Crippen molar-refractivity contribution in [2.45, 2.75) is 0 Å². The number of fused-ring (bicyclic) bond motifs is 3. The first-order valence-corrected chi connectivity index (χ1v) is 10.1. The van der Waals surface area contributed by atoms with Crippen LogP contribution in [0.5, 0.6) is 0 Å². The molecule has 0 amide bonds. The van der Waals surface area contributed by atoms with Crippen molar-refractivity contribution in [3.63, 3.8) is 0 Å². The summed E-state index contributed by atoms with van der Waals surface area (Å²) < 4.78 is 0. The Balaban J connectivity index is 1.84. The molecule has 6 N–H and O–H groups in total. The minimum absolute atomic E-state index is 0.0561. The van der Waals surface area contributed by atoms with Gasteiger partial charge in [0.1, 0.15) is 0 Å². The van der Waals surface area contributed by atoms with E-state index >= 15 is 0 Å². The van der Waals surface area contributed by atoms with E-state index in [4.69, 9.17) is 45.9 Å². The van der Waals surface area contributed by atoms with Crippen LogP contribution in [0.4, 0.5) is 5.69 Å². The van der Waals surface area contributed by atoms with Gasteiger partial charge in [-0.3, -0.25) is 5.41 Å². The molecule has 0 saturated heterocycles. The van der Waals surface area contributed by atoms with Gasteiger partial charge in [0.25, 0.3) is 0 Å². The molecule has 148 valence electrons. The Morgan fingerprint density at radius 2 is 1.69 bits per heavy atom. The zero-order chi connectivity index (χ0) is 20.5. The Kier molecular flexibility index (Phi) is 5.46. The second kappa shape index (κ2) is 8.03. The first-order valence-electron chi connectivity index (χ1n) is 8.94. The van der Waals surface area contributed by atoms with Gasteiger partial charge in [0.05, 0.1) is 10.0 Å². The van der Waals surface area contributed by atoms with Gasteiger partial charge in [-0.05, 0) is 48.0 Å². The van der Waals surface area contributed by atoms with E-state index in [1.165, 1.54) is 0 Å². The van der Waals surface area contributed by atoms with Crippen LogP contribution in [0.15, 0.2) is 48.5 Å². The first-order chi connectivity index (χ1) is 13.9. The van der Waals surface area contributed by atoms with E-state index in [2.05, 4.69) is 27.8 Å². The van der Waals surface area contributed by atoms with Crippen LogP contribution < -0.4 is 16.4 Å². The lowest BCUT2D eigenvalue weighted by Crippen LogP contribution is -2.33. The van der Waals surface area contributed by atoms with E-state index in [1.807, 2.05) is 30.3 Å². The van der Waals surface area contributed by atoms with Gasteiger partial charge in [-0.2, -0.15) is 0 Å². The summed E-state index contributed by atoms with van der Waals surface area (Å²) in [6, 6.07) is 15.6. The number of benzene rings is 3. The molecule has 4 rings (SSSR count). The predicted molar refractivity (Wildman–Crippen MR) is 125 cm³/mol. The fourth-order valence-corrected chi connectivity index (χ4v) is 3.83. The Bertz CT molecular complexity index is 1230. The Hall–Kier alpha value is -2.60. The van der Waals surface area contributed by atoms with Crippen LogP contribution in [0, 0.1) is 5.41 Å². The number of hydrogen-bond donors (Lipinski definition) is 5. The highest BCUT2D eigenvalue weighted by Crippen LogP contribution is 2.38. The first kappa shape index (κ1) is 19.7. The van der Waals surface area contributed by atoms with Crippen molar-refractivity contribution in [1.29, 1.82) is 5.41 Å². The molecule has 0 bridgehead atoms. The highest BCUT2D eigenvalue weighted by Gasteiger charge is 2.13. The number of hydrogen-bond acceptors (Lipinski definition) is 2. The highest BCUT2D eigenvalue weighted by atomic mass is 35.5. The van der Waals surface area contributed by atoms with E-state index in [9.17, 15) is 0 Å². The van der Waals surface area contributed by atoms with Gasteiger partial charge in [-0.1, -0.05) is 40.9 Å². The summed E-state index contributed by atoms with van der Waals surface area (Å²) in [7, 11) is 0. The minimum atomic E-state index is -0.0561. The molecule has 4 aromatic rings. The summed E-state index contributed by atoms with van der Waals surface area (Å²) in [5, 5.41) is 17.3. The van der Waals surface area contributed by atoms with Crippen LogP contribution in [-0.4, -0.2) is 24.0 Å². The van der Waals surface area contributed by atoms with Crippen molar-refractivity contribution in [3.8, 4) is 11.1 Å². The van der Waals surface area contributed by atoms with E-state index in [0.717, 1.165) is 38.6 Å². The normalized spacial score (nSPS) is 11.1. The van der Waals surface area contributed by atoms with Gasteiger partial charge in [-0.15, -0.1) is 0 Å². The third-order valence-electron chi connectivity index (χ3n) is 4.69. The lowest BCUT2D eigenvalue weighted by Gasteiger charge is -2.14. The van der Waals surface area contributed by atoms with Crippen LogP contribution in [-0.2, 0) is 0 Å². The van der Waals surface area contributed by atoms with Gasteiger partial charge >= 0.3 is 0 Å². The SMILES string of the molecule is N=C(N)NCCNc1cc2[nH]c3ccc(Cl)cc3c2cc1-c1ccc(Cl)c(Cl)c1. The number of H-pyrrole nitrogens is 1. The maximum atomic E-state index is 7.28. The van der Waals surface area contributed by atoms with E-state index in [1.54, 1.807) is 6.07 Å². The molecule has 29 heavy (non-hydrogen) atoms. The largest absolute Gasteiger partial charge is 0.383 e. The second-order valence-electron chi connectivity index (χ2n) is 6.65. The summed E-state index contributed by atoms with van der Waals surface area (Å²) in [5.74, 6) is -0.0561. The van der Waals surface area contributed by atoms with E-state index in [0.29, 0.717) is 28.2 Å². The van der Waals surface area contributed by atoms with Crippen molar-refractivity contribution >= 4 is 68.3 Å². The smallest absolute Gasteiger partial charge is 0.185 e. The van der Waals surface area contributed by atoms with E-state index < -0.39 is 0 Å². The Morgan fingerprint density at radius 3 is 2.45 bits per heavy atom. The topological polar surface area (TPSA) is 89.7 Å². The number of nitrogens with one attached hydrogen (secondary N) is 4. The fourth-order valence-electron chi connectivity index (χ4n) is 3.36. The summed E-state index contributed by atoms with van der Waals surface area (Å²) in [6.07, 6.45) is 0. The molecule has 0 unspecified atom stereocenters. The van der Waals surface area contributed by atoms with Crippen LogP contribution in [0.3, 0.4) is 0 Å². The summed E-state index contributed by atoms with van der Waals surface area (Å²) in [6.45, 7) is 1.11. The van der Waals surface area contributed by atoms with E-state index in [-0.39, 0.29) is 5.96 Å². The lowest BCUT2D eigenvalue weighted by molar-refractivity contribution is 0.892. The van der Waals surface area contributed by atoms with Crippen molar-refractivity contribution in [3.05, 3.63) is 63.6 Å². The molecule has 0 radical (unpaired) electrons. The fraction of sp³-hybridized carbons (Fsp3) is 0.0952. The van der Waals surface area contributed by atoms with Gasteiger partial charge in [0, 0.05) is 51.2 Å². The van der Waals surface area contributed by atoms with Crippen LogP contribution >= 0.6 is 34.8 Å². The number of aromatic nitrogens is 1. The molecule has 0 aliphatic carbocycles. The molecule has 0 saturated carbocycles. The molecule has 0 aliphatic heterocycles. The number of halogens is 3. The third kappa shape index (κ3) is 4.08. The molecule has 1 aromatic heterocycles. The summed E-state index contributed by atoms with van der Waals surface area (Å²) in [4.78, 5) is 3.44. The molecular formula is C21H18Cl3N5. The third-order valence-corrected chi connectivity index (χ3v) is 5.66. The van der Waals surface area contributed by atoms with Gasteiger partial charge < -0.3 is 21.4 Å². The highest BCUT2D eigenvalue weighted by molar-refractivity contribution is 6.42. The lowest BCUT2D eigenvalue weighted by atomic mass is 10.0. The molecule has 5 nitrogen and oxygen atoms in total. The number of anilines is 1.